The highest BCUT2D eigenvalue weighted by molar-refractivity contribution is 5.72. The molecule has 0 saturated heterocycles. The number of carbonyl (C=O) groups excluding carboxylic acids is 1. The van der Waals surface area contributed by atoms with Crippen LogP contribution in [0.3, 0.4) is 0 Å². The average Bonchev–Trinajstić information content (AvgIpc) is 2.47. The first-order chi connectivity index (χ1) is 9.67. The van der Waals surface area contributed by atoms with Crippen molar-refractivity contribution in [2.45, 2.75) is 26.2 Å². The van der Waals surface area contributed by atoms with Gasteiger partial charge in [-0.1, -0.05) is 31.2 Å². The fourth-order valence-electron chi connectivity index (χ4n) is 1.87. The maximum Gasteiger partial charge on any atom is 0.311 e. The van der Waals surface area contributed by atoms with E-state index in [1.165, 1.54) is 17.7 Å². The van der Waals surface area contributed by atoms with Crippen molar-refractivity contribution >= 4 is 5.97 Å². The molecule has 0 atom stereocenters. The van der Waals surface area contributed by atoms with Crippen molar-refractivity contribution in [1.82, 2.24) is 0 Å². The molecule has 0 amide bonds. The van der Waals surface area contributed by atoms with E-state index in [0.717, 1.165) is 12.0 Å². The van der Waals surface area contributed by atoms with Gasteiger partial charge in [-0.25, -0.2) is 4.39 Å². The Bertz CT molecular complexity index is 559. The number of halogens is 1. The molecule has 0 bridgehead atoms. The highest BCUT2D eigenvalue weighted by atomic mass is 19.1. The monoisotopic (exact) mass is 272 g/mol. The minimum atomic E-state index is -0.279. The van der Waals surface area contributed by atoms with Crippen LogP contribution in [0, 0.1) is 5.82 Å². The third-order valence-electron chi connectivity index (χ3n) is 3.09. The van der Waals surface area contributed by atoms with E-state index in [2.05, 4.69) is 6.92 Å². The summed E-state index contributed by atoms with van der Waals surface area (Å²) in [6, 6.07) is 13.6. The summed E-state index contributed by atoms with van der Waals surface area (Å²) in [5.41, 5.74) is 2.13. The number of hydrogen-bond donors (Lipinski definition) is 0. The third-order valence-corrected chi connectivity index (χ3v) is 3.09. The molecule has 2 aromatic carbocycles. The van der Waals surface area contributed by atoms with E-state index >= 15 is 0 Å². The second-order valence-corrected chi connectivity index (χ2v) is 4.60. The van der Waals surface area contributed by atoms with Gasteiger partial charge < -0.3 is 4.74 Å². The quantitative estimate of drug-likeness (QED) is 0.609. The van der Waals surface area contributed by atoms with Crippen LogP contribution in [0.4, 0.5) is 4.39 Å². The summed E-state index contributed by atoms with van der Waals surface area (Å²) in [5.74, 6) is 0.0113. The maximum atomic E-state index is 12.7. The lowest BCUT2D eigenvalue weighted by Crippen LogP contribution is -2.09. The second-order valence-electron chi connectivity index (χ2n) is 4.60. The molecule has 3 heteroatoms. The molecular weight excluding hydrogens is 255 g/mol. The normalized spacial score (nSPS) is 10.3. The summed E-state index contributed by atoms with van der Waals surface area (Å²) in [4.78, 5) is 11.7. The van der Waals surface area contributed by atoms with Crippen molar-refractivity contribution in [3.63, 3.8) is 0 Å². The van der Waals surface area contributed by atoms with Gasteiger partial charge in [0, 0.05) is 6.42 Å². The highest BCUT2D eigenvalue weighted by Crippen LogP contribution is 2.14. The summed E-state index contributed by atoms with van der Waals surface area (Å²) in [5, 5.41) is 0. The molecule has 0 aliphatic rings. The molecule has 0 heterocycles. The fourth-order valence-corrected chi connectivity index (χ4v) is 1.87. The molecule has 104 valence electrons. The summed E-state index contributed by atoms with van der Waals surface area (Å²) >= 11 is 0. The second kappa shape index (κ2) is 6.85. The Labute approximate surface area is 118 Å². The van der Waals surface area contributed by atoms with Gasteiger partial charge in [0.1, 0.15) is 11.6 Å². The van der Waals surface area contributed by atoms with Crippen LogP contribution < -0.4 is 4.74 Å². The van der Waals surface area contributed by atoms with Gasteiger partial charge in [-0.2, -0.15) is 0 Å². The highest BCUT2D eigenvalue weighted by Gasteiger charge is 2.05. The van der Waals surface area contributed by atoms with Crippen molar-refractivity contribution in [2.24, 2.45) is 0 Å². The van der Waals surface area contributed by atoms with E-state index in [1.807, 2.05) is 12.1 Å². The summed E-state index contributed by atoms with van der Waals surface area (Å²) in [7, 11) is 0. The molecule has 0 N–H and O–H groups in total. The van der Waals surface area contributed by atoms with E-state index in [-0.39, 0.29) is 18.2 Å². The van der Waals surface area contributed by atoms with Crippen LogP contribution in [-0.4, -0.2) is 5.97 Å². The smallest absolute Gasteiger partial charge is 0.311 e. The zero-order valence-electron chi connectivity index (χ0n) is 11.4. The molecule has 0 radical (unpaired) electrons. The van der Waals surface area contributed by atoms with Gasteiger partial charge in [0.15, 0.2) is 0 Å². The Balaban J connectivity index is 1.84. The number of aryl methyl sites for hydroxylation is 2. The Morgan fingerprint density at radius 3 is 2.20 bits per heavy atom. The standard InChI is InChI=1S/C17H17FO2/c1-2-13-5-10-16(11-6-13)20-17(19)12-7-14-3-8-15(18)9-4-14/h3-6,8-11H,2,7,12H2,1H3. The first-order valence-electron chi connectivity index (χ1n) is 6.71. The van der Waals surface area contributed by atoms with E-state index in [0.29, 0.717) is 12.2 Å². The SMILES string of the molecule is CCc1ccc(OC(=O)CCc2ccc(F)cc2)cc1. The first-order valence-corrected chi connectivity index (χ1v) is 6.71. The number of carbonyl (C=O) groups is 1. The van der Waals surface area contributed by atoms with Crippen molar-refractivity contribution in [3.8, 4) is 5.75 Å². The summed E-state index contributed by atoms with van der Waals surface area (Å²) < 4.78 is 18.0. The van der Waals surface area contributed by atoms with Gasteiger partial charge in [0.25, 0.3) is 0 Å². The molecule has 2 rings (SSSR count). The van der Waals surface area contributed by atoms with Crippen LogP contribution in [-0.2, 0) is 17.6 Å². The van der Waals surface area contributed by atoms with Gasteiger partial charge in [0.05, 0.1) is 0 Å². The van der Waals surface area contributed by atoms with Crippen LogP contribution in [0.5, 0.6) is 5.75 Å². The first kappa shape index (κ1) is 14.3. The van der Waals surface area contributed by atoms with Crippen molar-refractivity contribution in [2.75, 3.05) is 0 Å². The molecule has 2 nitrogen and oxygen atoms in total. The molecule has 0 fully saturated rings. The lowest BCUT2D eigenvalue weighted by molar-refractivity contribution is -0.134. The van der Waals surface area contributed by atoms with E-state index in [1.54, 1.807) is 24.3 Å². The minimum Gasteiger partial charge on any atom is -0.427 e. The Morgan fingerprint density at radius 2 is 1.60 bits per heavy atom. The zero-order chi connectivity index (χ0) is 14.4. The average molecular weight is 272 g/mol. The van der Waals surface area contributed by atoms with Crippen LogP contribution in [0.1, 0.15) is 24.5 Å². The largest absolute Gasteiger partial charge is 0.427 e. The van der Waals surface area contributed by atoms with Gasteiger partial charge in [0.2, 0.25) is 0 Å². The fraction of sp³-hybridized carbons (Fsp3) is 0.235. The van der Waals surface area contributed by atoms with Gasteiger partial charge in [-0.15, -0.1) is 0 Å². The van der Waals surface area contributed by atoms with Crippen LogP contribution in [0.15, 0.2) is 48.5 Å². The summed E-state index contributed by atoms with van der Waals surface area (Å²) in [6.45, 7) is 2.07. The maximum absolute atomic E-state index is 12.7. The molecule has 2 aromatic rings. The lowest BCUT2D eigenvalue weighted by atomic mass is 10.1. The number of esters is 1. The number of hydrogen-bond acceptors (Lipinski definition) is 2. The van der Waals surface area contributed by atoms with Gasteiger partial charge in [-0.05, 0) is 48.2 Å². The molecule has 20 heavy (non-hydrogen) atoms. The zero-order valence-corrected chi connectivity index (χ0v) is 11.4. The Kier molecular flexibility index (Phi) is 4.88. The molecule has 0 saturated carbocycles. The molecule has 0 unspecified atom stereocenters. The van der Waals surface area contributed by atoms with Crippen LogP contribution in [0.2, 0.25) is 0 Å². The van der Waals surface area contributed by atoms with Crippen molar-refractivity contribution in [1.29, 1.82) is 0 Å². The molecule has 0 aliphatic carbocycles. The van der Waals surface area contributed by atoms with Crippen LogP contribution in [0.25, 0.3) is 0 Å². The predicted molar refractivity (Wildman–Crippen MR) is 76.2 cm³/mol. The minimum absolute atomic E-state index is 0.271. The molecule has 0 spiro atoms. The Hall–Kier alpha value is -2.16. The molecular formula is C17H17FO2. The third kappa shape index (κ3) is 4.19. The van der Waals surface area contributed by atoms with E-state index < -0.39 is 0 Å². The molecule has 0 aromatic heterocycles. The predicted octanol–water partition coefficient (Wildman–Crippen LogP) is 3.93. The Morgan fingerprint density at radius 1 is 1.00 bits per heavy atom. The van der Waals surface area contributed by atoms with Gasteiger partial charge >= 0.3 is 5.97 Å². The van der Waals surface area contributed by atoms with E-state index in [4.69, 9.17) is 4.74 Å². The number of benzene rings is 2. The number of rotatable bonds is 5. The number of ether oxygens (including phenoxy) is 1. The van der Waals surface area contributed by atoms with Crippen LogP contribution >= 0.6 is 0 Å². The van der Waals surface area contributed by atoms with Crippen molar-refractivity contribution < 1.29 is 13.9 Å². The lowest BCUT2D eigenvalue weighted by Gasteiger charge is -2.05. The van der Waals surface area contributed by atoms with Gasteiger partial charge in [-0.3, -0.25) is 4.79 Å². The van der Waals surface area contributed by atoms with E-state index in [9.17, 15) is 9.18 Å². The molecule has 0 aliphatic heterocycles. The van der Waals surface area contributed by atoms with Crippen molar-refractivity contribution in [3.05, 3.63) is 65.5 Å². The topological polar surface area (TPSA) is 26.3 Å². The summed E-state index contributed by atoms with van der Waals surface area (Å²) in [6.07, 6.45) is 1.78.